The fraction of sp³-hybridized carbons (Fsp3) is 0.214. The van der Waals surface area contributed by atoms with Crippen molar-refractivity contribution in [3.8, 4) is 0 Å². The van der Waals surface area contributed by atoms with Gasteiger partial charge in [-0.1, -0.05) is 18.2 Å². The predicted molar refractivity (Wildman–Crippen MR) is 71.6 cm³/mol. The molecule has 3 aromatic rings. The first-order chi connectivity index (χ1) is 8.65. The summed E-state index contributed by atoms with van der Waals surface area (Å²) in [6.07, 6.45) is 0. The monoisotopic (exact) mass is 242 g/mol. The smallest absolute Gasteiger partial charge is 0.206 e. The Bertz CT molecular complexity index is 812. The third-order valence-electron chi connectivity index (χ3n) is 3.54. The topological polar surface area (TPSA) is 47.2 Å². The summed E-state index contributed by atoms with van der Waals surface area (Å²) in [5, 5.41) is 10.3. The number of aromatic nitrogens is 2. The second-order valence-corrected chi connectivity index (χ2v) is 4.49. The number of fused-ring (bicyclic) bond motifs is 3. The van der Waals surface area contributed by atoms with E-state index in [2.05, 4.69) is 0 Å². The van der Waals surface area contributed by atoms with Gasteiger partial charge in [0.2, 0.25) is 5.43 Å². The molecule has 18 heavy (non-hydrogen) atoms. The first-order valence-electron chi connectivity index (χ1n) is 5.82. The number of benzene rings is 1. The molecule has 0 fully saturated rings. The van der Waals surface area contributed by atoms with E-state index in [0.29, 0.717) is 11.2 Å². The number of aliphatic hydroxyl groups excluding tert-OH is 1. The van der Waals surface area contributed by atoms with Gasteiger partial charge in [0, 0.05) is 31.2 Å². The molecule has 0 bridgehead atoms. The zero-order chi connectivity index (χ0) is 12.9. The quantitative estimate of drug-likeness (QED) is 0.703. The van der Waals surface area contributed by atoms with Crippen molar-refractivity contribution in [1.29, 1.82) is 0 Å². The molecule has 2 heterocycles. The van der Waals surface area contributed by atoms with Crippen LogP contribution in [0.3, 0.4) is 0 Å². The number of aliphatic hydroxyl groups is 1. The minimum Gasteiger partial charge on any atom is -0.390 e. The average molecular weight is 242 g/mol. The third-order valence-corrected chi connectivity index (χ3v) is 3.54. The number of rotatable bonds is 1. The van der Waals surface area contributed by atoms with Crippen LogP contribution in [-0.4, -0.2) is 14.2 Å². The molecule has 0 aliphatic heterocycles. The van der Waals surface area contributed by atoms with E-state index in [1.165, 1.54) is 6.07 Å². The summed E-state index contributed by atoms with van der Waals surface area (Å²) in [6, 6.07) is 9.41. The Morgan fingerprint density at radius 1 is 1.11 bits per heavy atom. The fourth-order valence-corrected chi connectivity index (χ4v) is 2.61. The van der Waals surface area contributed by atoms with E-state index in [1.54, 1.807) is 0 Å². The molecular weight excluding hydrogens is 228 g/mol. The molecule has 4 nitrogen and oxygen atoms in total. The molecule has 3 rings (SSSR count). The van der Waals surface area contributed by atoms with Crippen LogP contribution in [0.5, 0.6) is 0 Å². The van der Waals surface area contributed by atoms with Crippen molar-refractivity contribution >= 4 is 21.9 Å². The highest BCUT2D eigenvalue weighted by Gasteiger charge is 2.14. The Kier molecular flexibility index (Phi) is 2.28. The van der Waals surface area contributed by atoms with Crippen LogP contribution in [0.4, 0.5) is 0 Å². The van der Waals surface area contributed by atoms with E-state index >= 15 is 0 Å². The lowest BCUT2D eigenvalue weighted by atomic mass is 10.2. The minimum absolute atomic E-state index is 0.0501. The number of para-hydroxylation sites is 1. The van der Waals surface area contributed by atoms with Gasteiger partial charge in [0.1, 0.15) is 5.52 Å². The summed E-state index contributed by atoms with van der Waals surface area (Å²) in [5.74, 6) is 0. The fourth-order valence-electron chi connectivity index (χ4n) is 2.61. The average Bonchev–Trinajstić information content (AvgIpc) is 2.69. The lowest BCUT2D eigenvalue weighted by Crippen LogP contribution is -2.12. The van der Waals surface area contributed by atoms with E-state index in [-0.39, 0.29) is 12.0 Å². The molecule has 0 spiro atoms. The Labute approximate surface area is 104 Å². The van der Waals surface area contributed by atoms with Crippen LogP contribution in [-0.2, 0) is 20.7 Å². The van der Waals surface area contributed by atoms with E-state index in [4.69, 9.17) is 0 Å². The molecule has 0 atom stereocenters. The molecule has 2 aromatic heterocycles. The van der Waals surface area contributed by atoms with Crippen LogP contribution in [0.2, 0.25) is 0 Å². The van der Waals surface area contributed by atoms with Crippen LogP contribution in [0, 0.1) is 0 Å². The molecule has 4 heteroatoms. The molecule has 0 unspecified atom stereocenters. The van der Waals surface area contributed by atoms with Crippen molar-refractivity contribution in [2.45, 2.75) is 6.61 Å². The largest absolute Gasteiger partial charge is 0.390 e. The van der Waals surface area contributed by atoms with Gasteiger partial charge in [-0.25, -0.2) is 0 Å². The first-order valence-corrected chi connectivity index (χ1v) is 5.82. The van der Waals surface area contributed by atoms with Crippen molar-refractivity contribution in [3.05, 3.63) is 46.2 Å². The summed E-state index contributed by atoms with van der Waals surface area (Å²) in [7, 11) is 3.77. The zero-order valence-corrected chi connectivity index (χ0v) is 10.3. The van der Waals surface area contributed by atoms with Gasteiger partial charge in [0.15, 0.2) is 0 Å². The third kappa shape index (κ3) is 1.26. The lowest BCUT2D eigenvalue weighted by molar-refractivity contribution is 0.272. The van der Waals surface area contributed by atoms with Crippen LogP contribution in [0.25, 0.3) is 21.9 Å². The maximum absolute atomic E-state index is 12.2. The summed E-state index contributed by atoms with van der Waals surface area (Å²) in [4.78, 5) is 12.2. The van der Waals surface area contributed by atoms with Crippen LogP contribution in [0.15, 0.2) is 35.1 Å². The highest BCUT2D eigenvalue weighted by molar-refractivity contribution is 6.05. The molecular formula is C14H14N2O2. The van der Waals surface area contributed by atoms with Gasteiger partial charge in [0.25, 0.3) is 0 Å². The van der Waals surface area contributed by atoms with E-state index in [9.17, 15) is 9.90 Å². The van der Waals surface area contributed by atoms with Gasteiger partial charge in [-0.2, -0.15) is 0 Å². The van der Waals surface area contributed by atoms with Gasteiger partial charge in [0.05, 0.1) is 17.6 Å². The van der Waals surface area contributed by atoms with Crippen LogP contribution < -0.4 is 5.43 Å². The van der Waals surface area contributed by atoms with E-state index < -0.39 is 0 Å². The number of pyridine rings is 1. The van der Waals surface area contributed by atoms with Gasteiger partial charge in [-0.05, 0) is 6.07 Å². The van der Waals surface area contributed by atoms with Gasteiger partial charge in [-0.3, -0.25) is 4.79 Å². The van der Waals surface area contributed by atoms with Crippen LogP contribution in [0.1, 0.15) is 5.69 Å². The highest BCUT2D eigenvalue weighted by atomic mass is 16.3. The zero-order valence-electron chi connectivity index (χ0n) is 10.3. The van der Waals surface area contributed by atoms with E-state index in [1.807, 2.05) is 47.5 Å². The second-order valence-electron chi connectivity index (χ2n) is 4.49. The van der Waals surface area contributed by atoms with Crippen LogP contribution >= 0.6 is 0 Å². The molecule has 0 radical (unpaired) electrons. The highest BCUT2D eigenvalue weighted by Crippen LogP contribution is 2.26. The molecule has 92 valence electrons. The van der Waals surface area contributed by atoms with Crippen molar-refractivity contribution in [2.24, 2.45) is 14.1 Å². The maximum Gasteiger partial charge on any atom is 0.206 e. The molecule has 0 amide bonds. The molecule has 0 saturated heterocycles. The molecule has 1 aromatic carbocycles. The van der Waals surface area contributed by atoms with Gasteiger partial charge < -0.3 is 14.2 Å². The Morgan fingerprint density at radius 2 is 1.83 bits per heavy atom. The van der Waals surface area contributed by atoms with Gasteiger partial charge >= 0.3 is 0 Å². The maximum atomic E-state index is 12.2. The van der Waals surface area contributed by atoms with E-state index in [0.717, 1.165) is 16.4 Å². The molecule has 0 saturated carbocycles. The number of hydrogen-bond donors (Lipinski definition) is 1. The van der Waals surface area contributed by atoms with Crippen molar-refractivity contribution < 1.29 is 5.11 Å². The lowest BCUT2D eigenvalue weighted by Gasteiger charge is -2.08. The number of nitrogens with zero attached hydrogens (tertiary/aromatic N) is 2. The Morgan fingerprint density at radius 3 is 2.56 bits per heavy atom. The normalized spacial score (nSPS) is 11.5. The van der Waals surface area contributed by atoms with Crippen molar-refractivity contribution in [1.82, 2.24) is 9.13 Å². The molecule has 1 N–H and O–H groups in total. The molecule has 0 aliphatic rings. The van der Waals surface area contributed by atoms with Gasteiger partial charge in [-0.15, -0.1) is 0 Å². The van der Waals surface area contributed by atoms with Crippen molar-refractivity contribution in [3.63, 3.8) is 0 Å². The summed E-state index contributed by atoms with van der Waals surface area (Å²) in [5.41, 5.74) is 3.16. The van der Waals surface area contributed by atoms with Crippen molar-refractivity contribution in [2.75, 3.05) is 0 Å². The number of aryl methyl sites for hydroxylation is 2. The summed E-state index contributed by atoms with van der Waals surface area (Å²) in [6.45, 7) is -0.134. The Balaban J connectivity index is 2.69. The summed E-state index contributed by atoms with van der Waals surface area (Å²) >= 11 is 0. The minimum atomic E-state index is -0.134. The SMILES string of the molecule is Cn1c(CO)cc(=O)c2c1c1ccccc1n2C. The molecule has 0 aliphatic carbocycles. The Hall–Kier alpha value is -2.07. The standard InChI is InChI=1S/C14H14N2O2/c1-15-9(8-17)7-12(18)14-13(15)10-5-3-4-6-11(10)16(14)2/h3-7,17H,8H2,1-2H3. The second kappa shape index (κ2) is 3.71. The number of hydrogen-bond acceptors (Lipinski definition) is 2. The first kappa shape index (κ1) is 11.0. The predicted octanol–water partition coefficient (Wildman–Crippen LogP) is 1.52. The summed E-state index contributed by atoms with van der Waals surface area (Å²) < 4.78 is 3.80.